The van der Waals surface area contributed by atoms with Crippen LogP contribution in [0.5, 0.6) is 0 Å². The van der Waals surface area contributed by atoms with Crippen LogP contribution in [0.1, 0.15) is 0 Å². The summed E-state index contributed by atoms with van der Waals surface area (Å²) in [6.07, 6.45) is 0. The molecule has 0 atom stereocenters. The zero-order valence-electron chi connectivity index (χ0n) is 6.14. The molecule has 66 valence electrons. The van der Waals surface area contributed by atoms with Crippen molar-refractivity contribution in [2.75, 3.05) is 0 Å². The summed E-state index contributed by atoms with van der Waals surface area (Å²) in [5, 5.41) is -3.29. The molecular weight excluding hydrogens is 248 g/mol. The Morgan fingerprint density at radius 2 is 1.83 bits per heavy atom. The number of alkyl halides is 3. The van der Waals surface area contributed by atoms with Gasteiger partial charge in [-0.3, -0.25) is 0 Å². The van der Waals surface area contributed by atoms with E-state index in [1.54, 1.807) is 0 Å². The van der Waals surface area contributed by atoms with E-state index in [0.717, 1.165) is 4.46 Å². The molecule has 0 nitrogen and oxygen atoms in total. The van der Waals surface area contributed by atoms with Gasteiger partial charge in [-0.05, 0) is 0 Å². The summed E-state index contributed by atoms with van der Waals surface area (Å²) in [6, 6.07) is 9.20. The molecule has 0 radical (unpaired) electrons. The molecule has 1 aromatic carbocycles. The molecule has 1 aromatic rings. The second-order valence-electron chi connectivity index (χ2n) is 2.22. The molecule has 4 heteroatoms. The van der Waals surface area contributed by atoms with Crippen LogP contribution >= 0.6 is 11.6 Å². The van der Waals surface area contributed by atoms with Crippen molar-refractivity contribution in [1.82, 2.24) is 0 Å². The minimum absolute atomic E-state index is 0.230. The van der Waals surface area contributed by atoms with Crippen molar-refractivity contribution in [2.45, 2.75) is 10.7 Å². The number of halogens is 3. The standard InChI is InChI=1S/C8H7ClF2Se/c9-8(10,11)6-12-7-4-2-1-3-5-7/h1-5H,6H2. The molecule has 0 amide bonds. The van der Waals surface area contributed by atoms with E-state index >= 15 is 0 Å². The molecule has 0 fully saturated rings. The van der Waals surface area contributed by atoms with Crippen LogP contribution in [0.25, 0.3) is 0 Å². The molecule has 0 spiro atoms. The Balaban J connectivity index is 2.44. The van der Waals surface area contributed by atoms with Crippen LogP contribution < -0.4 is 4.46 Å². The van der Waals surface area contributed by atoms with Crippen LogP contribution in [0.3, 0.4) is 0 Å². The summed E-state index contributed by atoms with van der Waals surface area (Å²) in [5.41, 5.74) is 0. The molecule has 1 rings (SSSR count). The summed E-state index contributed by atoms with van der Waals surface area (Å²) in [5.74, 6) is 0. The molecule has 0 aromatic heterocycles. The van der Waals surface area contributed by atoms with Gasteiger partial charge in [-0.25, -0.2) is 0 Å². The first-order chi connectivity index (χ1) is 5.58. The monoisotopic (exact) mass is 256 g/mol. The predicted molar refractivity (Wildman–Crippen MR) is 47.4 cm³/mol. The zero-order chi connectivity index (χ0) is 9.03. The molecule has 0 saturated heterocycles. The Hall–Kier alpha value is -0.111. The van der Waals surface area contributed by atoms with Crippen molar-refractivity contribution in [3.63, 3.8) is 0 Å². The third-order valence-electron chi connectivity index (χ3n) is 1.15. The Morgan fingerprint density at radius 3 is 2.33 bits per heavy atom. The third kappa shape index (κ3) is 4.05. The van der Waals surface area contributed by atoms with Crippen LogP contribution in [0, 0.1) is 0 Å². The summed E-state index contributed by atoms with van der Waals surface area (Å²) < 4.78 is 25.3. The molecule has 0 unspecified atom stereocenters. The molecule has 12 heavy (non-hydrogen) atoms. The zero-order valence-corrected chi connectivity index (χ0v) is 8.61. The summed E-state index contributed by atoms with van der Waals surface area (Å²) in [7, 11) is 0. The van der Waals surface area contributed by atoms with Crippen molar-refractivity contribution in [3.8, 4) is 0 Å². The van der Waals surface area contributed by atoms with E-state index in [2.05, 4.69) is 0 Å². The van der Waals surface area contributed by atoms with E-state index in [9.17, 15) is 8.78 Å². The van der Waals surface area contributed by atoms with Gasteiger partial charge in [0.15, 0.2) is 0 Å². The number of rotatable bonds is 3. The van der Waals surface area contributed by atoms with Gasteiger partial charge in [0.1, 0.15) is 0 Å². The Bertz CT molecular complexity index is 233. The van der Waals surface area contributed by atoms with Gasteiger partial charge in [0.2, 0.25) is 0 Å². The van der Waals surface area contributed by atoms with E-state index in [-0.39, 0.29) is 20.3 Å². The predicted octanol–water partition coefficient (Wildman–Crippen LogP) is 2.27. The molecule has 0 aliphatic heterocycles. The van der Waals surface area contributed by atoms with E-state index in [0.29, 0.717) is 0 Å². The van der Waals surface area contributed by atoms with Gasteiger partial charge in [0.25, 0.3) is 0 Å². The van der Waals surface area contributed by atoms with Crippen molar-refractivity contribution in [1.29, 1.82) is 0 Å². The average molecular weight is 256 g/mol. The van der Waals surface area contributed by atoms with Gasteiger partial charge in [-0.1, -0.05) is 0 Å². The second kappa shape index (κ2) is 4.22. The topological polar surface area (TPSA) is 0 Å². The van der Waals surface area contributed by atoms with Gasteiger partial charge in [-0.2, -0.15) is 0 Å². The molecule has 0 aliphatic rings. The molecule has 0 saturated carbocycles. The Kier molecular flexibility index (Phi) is 3.51. The van der Waals surface area contributed by atoms with Gasteiger partial charge in [0.05, 0.1) is 0 Å². The van der Waals surface area contributed by atoms with Gasteiger partial charge >= 0.3 is 80.8 Å². The number of hydrogen-bond acceptors (Lipinski definition) is 0. The van der Waals surface area contributed by atoms with Crippen LogP contribution in [-0.2, 0) is 0 Å². The first-order valence-corrected chi connectivity index (χ1v) is 5.77. The second-order valence-corrected chi connectivity index (χ2v) is 4.97. The van der Waals surface area contributed by atoms with Gasteiger partial charge in [0, 0.05) is 0 Å². The summed E-state index contributed by atoms with van der Waals surface area (Å²) >= 11 is 4.54. The Morgan fingerprint density at radius 1 is 1.25 bits per heavy atom. The van der Waals surface area contributed by atoms with Gasteiger partial charge < -0.3 is 0 Å². The fourth-order valence-electron chi connectivity index (χ4n) is 0.682. The summed E-state index contributed by atoms with van der Waals surface area (Å²) in [6.45, 7) is 0. The van der Waals surface area contributed by atoms with Crippen LogP contribution in [0.15, 0.2) is 30.3 Å². The van der Waals surface area contributed by atoms with Crippen molar-refractivity contribution < 1.29 is 8.78 Å². The van der Waals surface area contributed by atoms with E-state index < -0.39 is 5.38 Å². The average Bonchev–Trinajstić information content (AvgIpc) is 2.02. The molecule has 0 N–H and O–H groups in total. The third-order valence-corrected chi connectivity index (χ3v) is 3.97. The molecular formula is C8H7ClF2Se. The van der Waals surface area contributed by atoms with Crippen molar-refractivity contribution in [2.24, 2.45) is 0 Å². The molecule has 0 bridgehead atoms. The first kappa shape index (κ1) is 9.97. The fraction of sp³-hybridized carbons (Fsp3) is 0.250. The molecule has 0 aliphatic carbocycles. The minimum atomic E-state index is -3.05. The SMILES string of the molecule is FC(F)(Cl)C[Se]c1ccccc1. The Labute approximate surface area is 81.1 Å². The van der Waals surface area contributed by atoms with Crippen molar-refractivity contribution in [3.05, 3.63) is 30.3 Å². The van der Waals surface area contributed by atoms with Gasteiger partial charge in [-0.15, -0.1) is 0 Å². The normalized spacial score (nSPS) is 11.6. The van der Waals surface area contributed by atoms with E-state index in [1.807, 2.05) is 30.3 Å². The fourth-order valence-corrected chi connectivity index (χ4v) is 2.39. The van der Waals surface area contributed by atoms with Crippen LogP contribution in [-0.4, -0.2) is 20.3 Å². The number of hydrogen-bond donors (Lipinski definition) is 0. The maximum atomic E-state index is 12.2. The van der Waals surface area contributed by atoms with Crippen LogP contribution in [0.4, 0.5) is 8.78 Å². The quantitative estimate of drug-likeness (QED) is 0.574. The first-order valence-electron chi connectivity index (χ1n) is 3.32. The van der Waals surface area contributed by atoms with Crippen molar-refractivity contribution >= 4 is 31.0 Å². The van der Waals surface area contributed by atoms with E-state index in [1.165, 1.54) is 0 Å². The van der Waals surface area contributed by atoms with Crippen LogP contribution in [0.2, 0.25) is 5.32 Å². The molecule has 0 heterocycles. The van der Waals surface area contributed by atoms with E-state index in [4.69, 9.17) is 11.6 Å². The summed E-state index contributed by atoms with van der Waals surface area (Å²) in [4.78, 5) is 0. The maximum absolute atomic E-state index is 12.2. The number of benzene rings is 1.